The van der Waals surface area contributed by atoms with Crippen LogP contribution in [0.3, 0.4) is 0 Å². The van der Waals surface area contributed by atoms with E-state index in [-0.39, 0.29) is 18.3 Å². The summed E-state index contributed by atoms with van der Waals surface area (Å²) in [5, 5.41) is 17.9. The van der Waals surface area contributed by atoms with Crippen LogP contribution in [0.5, 0.6) is 0 Å². The number of carbonyl (C=O) groups is 1. The second-order valence-electron chi connectivity index (χ2n) is 8.16. The van der Waals surface area contributed by atoms with Crippen LogP contribution in [0.4, 0.5) is 5.00 Å². The van der Waals surface area contributed by atoms with Crippen molar-refractivity contribution >= 4 is 46.3 Å². The van der Waals surface area contributed by atoms with Crippen molar-refractivity contribution in [1.82, 2.24) is 10.1 Å². The Labute approximate surface area is 218 Å². The van der Waals surface area contributed by atoms with Gasteiger partial charge >= 0.3 is 0 Å². The van der Waals surface area contributed by atoms with Crippen molar-refractivity contribution in [3.63, 3.8) is 0 Å². The van der Waals surface area contributed by atoms with Gasteiger partial charge in [0.2, 0.25) is 0 Å². The van der Waals surface area contributed by atoms with E-state index in [1.165, 1.54) is 16.9 Å². The van der Waals surface area contributed by atoms with Crippen molar-refractivity contribution in [3.05, 3.63) is 92.5 Å². The van der Waals surface area contributed by atoms with Gasteiger partial charge in [-0.25, -0.2) is 0 Å². The summed E-state index contributed by atoms with van der Waals surface area (Å²) in [4.78, 5) is 16.8. The Hall–Kier alpha value is -3.15. The molecular weight excluding hydrogens is 503 g/mol. The van der Waals surface area contributed by atoms with Crippen molar-refractivity contribution in [2.24, 2.45) is 0 Å². The number of nitrogens with zero attached hydrogens (tertiary/aromatic N) is 3. The molecule has 1 amide bonds. The number of anilines is 1. The number of rotatable bonds is 5. The number of halogens is 2. The van der Waals surface area contributed by atoms with E-state index in [0.717, 1.165) is 36.5 Å². The van der Waals surface area contributed by atoms with Crippen LogP contribution in [0, 0.1) is 18.3 Å². The topological polar surface area (TPSA) is 82.2 Å². The Bertz CT molecular complexity index is 1410. The Morgan fingerprint density at radius 3 is 2.71 bits per heavy atom. The summed E-state index contributed by atoms with van der Waals surface area (Å²) in [6.07, 6.45) is 0.772. The molecular formula is C26H22Cl2N4O2S. The van der Waals surface area contributed by atoms with Crippen LogP contribution in [0.15, 0.2) is 59.1 Å². The molecule has 0 fully saturated rings. The van der Waals surface area contributed by atoms with Gasteiger partial charge in [0.1, 0.15) is 28.1 Å². The maximum atomic E-state index is 13.3. The van der Waals surface area contributed by atoms with Gasteiger partial charge in [0.15, 0.2) is 0 Å². The number of nitriles is 1. The molecule has 5 rings (SSSR count). The summed E-state index contributed by atoms with van der Waals surface area (Å²) in [7, 11) is 0. The molecule has 0 unspecified atom stereocenters. The first-order valence-electron chi connectivity index (χ1n) is 10.9. The van der Waals surface area contributed by atoms with Gasteiger partial charge in [-0.2, -0.15) is 5.26 Å². The lowest BCUT2D eigenvalue weighted by Gasteiger charge is -2.26. The minimum absolute atomic E-state index is 0. The monoisotopic (exact) mass is 524 g/mol. The minimum Gasteiger partial charge on any atom is -0.360 e. The summed E-state index contributed by atoms with van der Waals surface area (Å²) in [5.41, 5.74) is 4.14. The van der Waals surface area contributed by atoms with Crippen LogP contribution in [-0.4, -0.2) is 22.5 Å². The highest BCUT2D eigenvalue weighted by atomic mass is 35.5. The fourth-order valence-corrected chi connectivity index (χ4v) is 5.74. The Balaban J connectivity index is 0.00000289. The zero-order chi connectivity index (χ0) is 23.7. The molecule has 0 atom stereocenters. The number of fused-ring (bicyclic) bond motifs is 1. The van der Waals surface area contributed by atoms with Gasteiger partial charge < -0.3 is 9.84 Å². The van der Waals surface area contributed by atoms with Gasteiger partial charge in [-0.1, -0.05) is 65.3 Å². The molecule has 178 valence electrons. The van der Waals surface area contributed by atoms with Gasteiger partial charge in [-0.15, -0.1) is 23.7 Å². The van der Waals surface area contributed by atoms with Crippen molar-refractivity contribution in [2.45, 2.75) is 26.4 Å². The van der Waals surface area contributed by atoms with Crippen LogP contribution >= 0.6 is 35.3 Å². The molecule has 2 aromatic carbocycles. The molecule has 0 aliphatic carbocycles. The zero-order valence-corrected chi connectivity index (χ0v) is 21.3. The maximum absolute atomic E-state index is 13.3. The van der Waals surface area contributed by atoms with Gasteiger partial charge in [-0.05, 0) is 30.5 Å². The first-order chi connectivity index (χ1) is 16.5. The molecule has 1 aliphatic rings. The third-order valence-corrected chi connectivity index (χ3v) is 7.40. The van der Waals surface area contributed by atoms with Crippen molar-refractivity contribution in [2.75, 3.05) is 11.9 Å². The SMILES string of the molecule is Cc1onc(-c2ccccc2Cl)c1C(=O)Nc1sc2c(c1C#N)CCN(Cc1ccccc1)C2.Cl. The number of carbonyl (C=O) groups excluding carboxylic acids is 1. The van der Waals surface area contributed by atoms with Crippen molar-refractivity contribution in [1.29, 1.82) is 5.26 Å². The van der Waals surface area contributed by atoms with Crippen LogP contribution in [0.25, 0.3) is 11.3 Å². The van der Waals surface area contributed by atoms with Gasteiger partial charge in [0.25, 0.3) is 5.91 Å². The number of aryl methyl sites for hydroxylation is 1. The number of aromatic nitrogens is 1. The van der Waals surface area contributed by atoms with Gasteiger partial charge in [0.05, 0.1) is 10.6 Å². The van der Waals surface area contributed by atoms with Gasteiger partial charge in [0, 0.05) is 30.1 Å². The maximum Gasteiger partial charge on any atom is 0.262 e. The summed E-state index contributed by atoms with van der Waals surface area (Å²) < 4.78 is 5.33. The normalized spacial score (nSPS) is 12.9. The first-order valence-corrected chi connectivity index (χ1v) is 12.1. The molecule has 1 N–H and O–H groups in total. The predicted octanol–water partition coefficient (Wildman–Crippen LogP) is 6.47. The molecule has 0 bridgehead atoms. The van der Waals surface area contributed by atoms with Crippen LogP contribution in [-0.2, 0) is 19.5 Å². The van der Waals surface area contributed by atoms with Crippen molar-refractivity contribution in [3.8, 4) is 17.3 Å². The molecule has 4 aromatic rings. The molecule has 0 radical (unpaired) electrons. The van der Waals surface area contributed by atoms with E-state index in [0.29, 0.717) is 38.2 Å². The highest BCUT2D eigenvalue weighted by Crippen LogP contribution is 2.38. The standard InChI is InChI=1S/C26H21ClN4O2S.ClH/c1-16-23(24(30-33-16)19-9-5-6-10-21(19)27)25(32)29-26-20(13-28)18-11-12-31(15-22(18)34-26)14-17-7-3-2-4-8-17;/h2-10H,11-12,14-15H2,1H3,(H,29,32);1H. The van der Waals surface area contributed by atoms with Crippen LogP contribution < -0.4 is 5.32 Å². The average Bonchev–Trinajstić information content (AvgIpc) is 3.39. The van der Waals surface area contributed by atoms with Gasteiger partial charge in [-0.3, -0.25) is 9.69 Å². The summed E-state index contributed by atoms with van der Waals surface area (Å²) in [6, 6.07) is 19.8. The minimum atomic E-state index is -0.370. The molecule has 1 aliphatic heterocycles. The highest BCUT2D eigenvalue weighted by Gasteiger charge is 2.28. The lowest BCUT2D eigenvalue weighted by atomic mass is 10.0. The van der Waals surface area contributed by atoms with E-state index in [9.17, 15) is 10.1 Å². The zero-order valence-electron chi connectivity index (χ0n) is 18.9. The Morgan fingerprint density at radius 1 is 1.23 bits per heavy atom. The van der Waals surface area contributed by atoms with Crippen LogP contribution in [0.1, 0.15) is 37.7 Å². The summed E-state index contributed by atoms with van der Waals surface area (Å²) in [5.74, 6) is 0.0196. The van der Waals surface area contributed by atoms with E-state index in [1.54, 1.807) is 19.1 Å². The lowest BCUT2D eigenvalue weighted by molar-refractivity contribution is 0.102. The van der Waals surface area contributed by atoms with Crippen molar-refractivity contribution < 1.29 is 9.32 Å². The number of thiophene rings is 1. The number of hydrogen-bond acceptors (Lipinski definition) is 6. The van der Waals surface area contributed by atoms with E-state index in [1.807, 2.05) is 30.3 Å². The Kier molecular flexibility index (Phi) is 7.58. The second kappa shape index (κ2) is 10.6. The molecule has 6 nitrogen and oxygen atoms in total. The summed E-state index contributed by atoms with van der Waals surface area (Å²) >= 11 is 7.80. The molecule has 9 heteroatoms. The average molecular weight is 525 g/mol. The highest BCUT2D eigenvalue weighted by molar-refractivity contribution is 7.16. The molecule has 3 heterocycles. The molecule has 0 saturated carbocycles. The molecule has 0 saturated heterocycles. The molecule has 2 aromatic heterocycles. The Morgan fingerprint density at radius 2 is 1.97 bits per heavy atom. The van der Waals surface area contributed by atoms with E-state index in [4.69, 9.17) is 16.1 Å². The predicted molar refractivity (Wildman–Crippen MR) is 140 cm³/mol. The lowest BCUT2D eigenvalue weighted by Crippen LogP contribution is -2.29. The number of hydrogen-bond donors (Lipinski definition) is 1. The fourth-order valence-electron chi connectivity index (χ4n) is 4.28. The van der Waals surface area contributed by atoms with Crippen LogP contribution in [0.2, 0.25) is 5.02 Å². The smallest absolute Gasteiger partial charge is 0.262 e. The van der Waals surface area contributed by atoms with E-state index in [2.05, 4.69) is 33.6 Å². The quantitative estimate of drug-likeness (QED) is 0.323. The second-order valence-corrected chi connectivity index (χ2v) is 9.67. The first kappa shape index (κ1) is 25.0. The van der Waals surface area contributed by atoms with E-state index >= 15 is 0 Å². The largest absolute Gasteiger partial charge is 0.360 e. The number of benzene rings is 2. The molecule has 0 spiro atoms. The number of nitrogens with one attached hydrogen (secondary N) is 1. The molecule has 35 heavy (non-hydrogen) atoms. The van der Waals surface area contributed by atoms with E-state index < -0.39 is 0 Å². The fraction of sp³-hybridized carbons (Fsp3) is 0.192. The number of amides is 1. The third-order valence-electron chi connectivity index (χ3n) is 5.94. The third kappa shape index (κ3) is 4.97. The summed E-state index contributed by atoms with van der Waals surface area (Å²) in [6.45, 7) is 4.15.